The summed E-state index contributed by atoms with van der Waals surface area (Å²) in [5.41, 5.74) is 0.129. The maximum absolute atomic E-state index is 14.2. The van der Waals surface area contributed by atoms with Crippen LogP contribution in [0.1, 0.15) is 34.2 Å². The predicted molar refractivity (Wildman–Crippen MR) is 108 cm³/mol. The van der Waals surface area contributed by atoms with Gasteiger partial charge in [0.2, 0.25) is 5.43 Å². The molecule has 154 valence electrons. The number of halogens is 1. The van der Waals surface area contributed by atoms with Gasteiger partial charge in [0.05, 0.1) is 19.6 Å². The number of aromatic nitrogens is 2. The van der Waals surface area contributed by atoms with Gasteiger partial charge in [-0.1, -0.05) is 42.5 Å². The van der Waals surface area contributed by atoms with E-state index in [0.717, 1.165) is 0 Å². The van der Waals surface area contributed by atoms with Crippen LogP contribution in [0, 0.1) is 12.7 Å². The molecule has 30 heavy (non-hydrogen) atoms. The van der Waals surface area contributed by atoms with Crippen LogP contribution in [-0.2, 0) is 9.53 Å². The Morgan fingerprint density at radius 2 is 1.80 bits per heavy atom. The minimum Gasteiger partial charge on any atom is -0.469 e. The smallest absolute Gasteiger partial charge is 0.307 e. The number of hydrogen-bond acceptors (Lipinski definition) is 5. The van der Waals surface area contributed by atoms with Crippen molar-refractivity contribution in [1.29, 1.82) is 0 Å². The molecule has 2 aromatic carbocycles. The Labute approximate surface area is 172 Å². The molecule has 8 heteroatoms. The van der Waals surface area contributed by atoms with Crippen LogP contribution in [0.15, 0.2) is 65.5 Å². The van der Waals surface area contributed by atoms with Gasteiger partial charge >= 0.3 is 5.97 Å². The monoisotopic (exact) mass is 409 g/mol. The van der Waals surface area contributed by atoms with Crippen LogP contribution in [-0.4, -0.2) is 28.8 Å². The van der Waals surface area contributed by atoms with Crippen LogP contribution < -0.4 is 10.7 Å². The fourth-order valence-corrected chi connectivity index (χ4v) is 2.99. The molecule has 0 aliphatic carbocycles. The lowest BCUT2D eigenvalue weighted by Crippen LogP contribution is -2.35. The maximum Gasteiger partial charge on any atom is 0.307 e. The zero-order valence-corrected chi connectivity index (χ0v) is 16.5. The average molecular weight is 409 g/mol. The van der Waals surface area contributed by atoms with E-state index in [-0.39, 0.29) is 12.1 Å². The van der Waals surface area contributed by atoms with E-state index in [1.807, 2.05) is 0 Å². The zero-order chi connectivity index (χ0) is 21.7. The first-order valence-electron chi connectivity index (χ1n) is 9.19. The van der Waals surface area contributed by atoms with E-state index in [1.54, 1.807) is 43.3 Å². The van der Waals surface area contributed by atoms with Crippen LogP contribution in [0.2, 0.25) is 0 Å². The Morgan fingerprint density at radius 3 is 2.47 bits per heavy atom. The van der Waals surface area contributed by atoms with E-state index in [1.165, 1.54) is 36.1 Å². The standard InChI is InChI=1S/C22H20FN3O4/c1-14-12-19(27)21(25-26(14)18-11-7-6-10-16(18)23)22(29)24-17(13-20(28)30-2)15-8-4-3-5-9-15/h3-12,17H,13H2,1-2H3,(H,24,29). The van der Waals surface area contributed by atoms with Gasteiger partial charge in [-0.05, 0) is 24.6 Å². The third-order valence-corrected chi connectivity index (χ3v) is 4.51. The SMILES string of the molecule is COC(=O)CC(NC(=O)c1nn(-c2ccccc2F)c(C)cc1=O)c1ccccc1. The predicted octanol–water partition coefficient (Wildman–Crippen LogP) is 2.71. The van der Waals surface area contributed by atoms with Crippen molar-refractivity contribution in [3.8, 4) is 5.69 Å². The number of ether oxygens (including phenoxy) is 1. The summed E-state index contributed by atoms with van der Waals surface area (Å²) >= 11 is 0. The highest BCUT2D eigenvalue weighted by atomic mass is 19.1. The van der Waals surface area contributed by atoms with E-state index in [9.17, 15) is 18.8 Å². The Bertz CT molecular complexity index is 1130. The molecule has 0 saturated carbocycles. The lowest BCUT2D eigenvalue weighted by molar-refractivity contribution is -0.141. The molecule has 0 aliphatic heterocycles. The maximum atomic E-state index is 14.2. The topological polar surface area (TPSA) is 90.3 Å². The highest BCUT2D eigenvalue weighted by Gasteiger charge is 2.23. The van der Waals surface area contributed by atoms with E-state index in [4.69, 9.17) is 4.74 Å². The van der Waals surface area contributed by atoms with E-state index < -0.39 is 34.9 Å². The second-order valence-electron chi connectivity index (χ2n) is 6.58. The molecule has 0 fully saturated rings. The van der Waals surface area contributed by atoms with Crippen molar-refractivity contribution in [2.75, 3.05) is 7.11 Å². The van der Waals surface area contributed by atoms with Crippen LogP contribution in [0.25, 0.3) is 5.69 Å². The molecular formula is C22H20FN3O4. The first kappa shape index (κ1) is 20.9. The lowest BCUT2D eigenvalue weighted by atomic mass is 10.0. The fraction of sp³-hybridized carbons (Fsp3) is 0.182. The summed E-state index contributed by atoms with van der Waals surface area (Å²) in [5.74, 6) is -1.84. The van der Waals surface area contributed by atoms with Crippen molar-refractivity contribution in [2.45, 2.75) is 19.4 Å². The average Bonchev–Trinajstić information content (AvgIpc) is 2.74. The summed E-state index contributed by atoms with van der Waals surface area (Å²) in [6.07, 6.45) is -0.125. The molecule has 7 nitrogen and oxygen atoms in total. The molecule has 0 radical (unpaired) electrons. The Morgan fingerprint density at radius 1 is 1.13 bits per heavy atom. The van der Waals surface area contributed by atoms with Gasteiger partial charge in [0.15, 0.2) is 5.69 Å². The number of esters is 1. The van der Waals surface area contributed by atoms with Gasteiger partial charge in [0.1, 0.15) is 11.5 Å². The second kappa shape index (κ2) is 9.13. The van der Waals surface area contributed by atoms with Crippen molar-refractivity contribution in [2.24, 2.45) is 0 Å². The van der Waals surface area contributed by atoms with Gasteiger partial charge in [-0.15, -0.1) is 0 Å². The summed E-state index contributed by atoms with van der Waals surface area (Å²) in [5, 5.41) is 6.74. The van der Waals surface area contributed by atoms with E-state index in [0.29, 0.717) is 11.3 Å². The minimum absolute atomic E-state index is 0.109. The largest absolute Gasteiger partial charge is 0.469 e. The highest BCUT2D eigenvalue weighted by molar-refractivity contribution is 5.92. The first-order chi connectivity index (χ1) is 14.4. The number of nitrogens with zero attached hydrogens (tertiary/aromatic N) is 2. The summed E-state index contributed by atoms with van der Waals surface area (Å²) in [6.45, 7) is 1.59. The van der Waals surface area contributed by atoms with Crippen LogP contribution in [0.5, 0.6) is 0 Å². The molecule has 1 atom stereocenters. The molecule has 1 N–H and O–H groups in total. The van der Waals surface area contributed by atoms with E-state index >= 15 is 0 Å². The number of rotatable bonds is 6. The molecule has 1 aromatic heterocycles. The number of benzene rings is 2. The van der Waals surface area contributed by atoms with Crippen molar-refractivity contribution >= 4 is 11.9 Å². The summed E-state index contributed by atoms with van der Waals surface area (Å²) in [4.78, 5) is 37.1. The Kier molecular flexibility index (Phi) is 6.36. The minimum atomic E-state index is -0.775. The Hall–Kier alpha value is -3.81. The molecule has 0 spiro atoms. The molecule has 3 aromatic rings. The molecule has 0 bridgehead atoms. The van der Waals surface area contributed by atoms with Gasteiger partial charge in [-0.25, -0.2) is 9.07 Å². The second-order valence-corrected chi connectivity index (χ2v) is 6.58. The molecular weight excluding hydrogens is 389 g/mol. The van der Waals surface area contributed by atoms with Gasteiger partial charge < -0.3 is 10.1 Å². The number of carbonyl (C=O) groups excluding carboxylic acids is 2. The number of amides is 1. The van der Waals surface area contributed by atoms with Crippen molar-refractivity contribution in [1.82, 2.24) is 15.1 Å². The third-order valence-electron chi connectivity index (χ3n) is 4.51. The van der Waals surface area contributed by atoms with Crippen molar-refractivity contribution < 1.29 is 18.7 Å². The molecule has 3 rings (SSSR count). The summed E-state index contributed by atoms with van der Waals surface area (Å²) < 4.78 is 20.1. The summed E-state index contributed by atoms with van der Waals surface area (Å²) in [7, 11) is 1.25. The first-order valence-corrected chi connectivity index (χ1v) is 9.19. The molecule has 1 heterocycles. The quantitative estimate of drug-likeness (QED) is 0.633. The van der Waals surface area contributed by atoms with Gasteiger partial charge in [0.25, 0.3) is 5.91 Å². The molecule has 0 saturated heterocycles. The molecule has 1 unspecified atom stereocenters. The van der Waals surface area contributed by atoms with Gasteiger partial charge in [-0.2, -0.15) is 5.10 Å². The van der Waals surface area contributed by atoms with Crippen LogP contribution >= 0.6 is 0 Å². The van der Waals surface area contributed by atoms with E-state index in [2.05, 4.69) is 10.4 Å². The third kappa shape index (κ3) is 4.60. The molecule has 1 amide bonds. The number of methoxy groups -OCH3 is 1. The normalized spacial score (nSPS) is 11.6. The number of carbonyl (C=O) groups is 2. The molecule has 0 aliphatic rings. The van der Waals surface area contributed by atoms with Crippen LogP contribution in [0.4, 0.5) is 4.39 Å². The van der Waals surface area contributed by atoms with Crippen molar-refractivity contribution in [3.05, 3.63) is 93.7 Å². The zero-order valence-electron chi connectivity index (χ0n) is 16.5. The highest BCUT2D eigenvalue weighted by Crippen LogP contribution is 2.18. The Balaban J connectivity index is 1.97. The number of aryl methyl sites for hydroxylation is 1. The van der Waals surface area contributed by atoms with Gasteiger partial charge in [-0.3, -0.25) is 14.4 Å². The summed E-state index contributed by atoms with van der Waals surface area (Å²) in [6, 6.07) is 15.2. The number of hydrogen-bond donors (Lipinski definition) is 1. The van der Waals surface area contributed by atoms with Crippen molar-refractivity contribution in [3.63, 3.8) is 0 Å². The fourth-order valence-electron chi connectivity index (χ4n) is 2.99. The number of nitrogens with one attached hydrogen (secondary N) is 1. The lowest BCUT2D eigenvalue weighted by Gasteiger charge is -2.18. The van der Waals surface area contributed by atoms with Gasteiger partial charge in [0, 0.05) is 11.8 Å². The number of para-hydroxylation sites is 1. The van der Waals surface area contributed by atoms with Crippen LogP contribution in [0.3, 0.4) is 0 Å².